The van der Waals surface area contributed by atoms with Gasteiger partial charge in [0.25, 0.3) is 11.5 Å². The van der Waals surface area contributed by atoms with Gasteiger partial charge in [0.2, 0.25) is 5.88 Å². The Hall–Kier alpha value is -4.35. The number of hydrogen-bond donors (Lipinski definition) is 1. The molecular formula is C24H17ClN4O4. The number of nitrogens with one attached hydrogen (secondary N) is 1. The zero-order valence-electron chi connectivity index (χ0n) is 17.4. The van der Waals surface area contributed by atoms with Gasteiger partial charge in [-0.05, 0) is 61.0 Å². The Kier molecular flexibility index (Phi) is 6.24. The summed E-state index contributed by atoms with van der Waals surface area (Å²) in [7, 11) is 0. The first kappa shape index (κ1) is 21.9. The monoisotopic (exact) mass is 460 g/mol. The number of fused-ring (bicyclic) bond motifs is 1. The van der Waals surface area contributed by atoms with Crippen LogP contribution >= 0.6 is 11.6 Å². The summed E-state index contributed by atoms with van der Waals surface area (Å²) < 4.78 is 12.4. The maximum absolute atomic E-state index is 13.3. The van der Waals surface area contributed by atoms with E-state index in [2.05, 4.69) is 10.3 Å². The van der Waals surface area contributed by atoms with E-state index in [-0.39, 0.29) is 23.6 Å². The lowest BCUT2D eigenvalue weighted by Crippen LogP contribution is -2.25. The van der Waals surface area contributed by atoms with Gasteiger partial charge in [0.15, 0.2) is 0 Å². The highest BCUT2D eigenvalue weighted by molar-refractivity contribution is 6.30. The molecule has 3 heterocycles. The predicted octanol–water partition coefficient (Wildman–Crippen LogP) is 4.27. The van der Waals surface area contributed by atoms with Crippen LogP contribution in [0.2, 0.25) is 5.02 Å². The van der Waals surface area contributed by atoms with Gasteiger partial charge in [0.05, 0.1) is 12.8 Å². The fourth-order valence-electron chi connectivity index (χ4n) is 3.08. The van der Waals surface area contributed by atoms with Crippen molar-refractivity contribution in [3.05, 3.63) is 98.8 Å². The van der Waals surface area contributed by atoms with Crippen molar-refractivity contribution in [1.82, 2.24) is 14.7 Å². The molecule has 0 saturated carbocycles. The molecule has 164 valence electrons. The third kappa shape index (κ3) is 4.79. The number of hydrogen-bond acceptors (Lipinski definition) is 6. The van der Waals surface area contributed by atoms with E-state index >= 15 is 0 Å². The maximum atomic E-state index is 13.3. The Labute approximate surface area is 193 Å². The number of furan rings is 1. The van der Waals surface area contributed by atoms with Crippen LogP contribution in [-0.4, -0.2) is 15.3 Å². The van der Waals surface area contributed by atoms with Gasteiger partial charge < -0.3 is 14.5 Å². The van der Waals surface area contributed by atoms with Crippen LogP contribution in [0, 0.1) is 18.3 Å². The van der Waals surface area contributed by atoms with Gasteiger partial charge in [-0.3, -0.25) is 14.0 Å². The largest absolute Gasteiger partial charge is 0.467 e. The first-order chi connectivity index (χ1) is 16.0. The van der Waals surface area contributed by atoms with Gasteiger partial charge in [-0.15, -0.1) is 0 Å². The van der Waals surface area contributed by atoms with Crippen LogP contribution in [0.5, 0.6) is 11.6 Å². The number of nitriles is 1. The van der Waals surface area contributed by atoms with Crippen molar-refractivity contribution in [1.29, 1.82) is 5.26 Å². The minimum absolute atomic E-state index is 0.0387. The molecule has 1 aromatic carbocycles. The van der Waals surface area contributed by atoms with E-state index < -0.39 is 11.5 Å². The standard InChI is InChI=1S/C24H17ClN4O4/c1-15-4-2-10-29-21(15)28-23(33-18-8-6-17(25)7-9-18)20(24(29)31)12-16(13-26)22(30)27-14-19-5-3-11-32-19/h2-12H,14H2,1H3,(H,27,30)/b16-12+. The number of carbonyl (C=O) groups is 1. The van der Waals surface area contributed by atoms with Crippen molar-refractivity contribution in [3.8, 4) is 17.7 Å². The quantitative estimate of drug-likeness (QED) is 0.340. The molecular weight excluding hydrogens is 444 g/mol. The van der Waals surface area contributed by atoms with E-state index in [4.69, 9.17) is 20.8 Å². The fraction of sp³-hybridized carbons (Fsp3) is 0.0833. The number of nitrogens with zero attached hydrogens (tertiary/aromatic N) is 3. The summed E-state index contributed by atoms with van der Waals surface area (Å²) in [6, 6.07) is 15.2. The van der Waals surface area contributed by atoms with Crippen LogP contribution in [0.25, 0.3) is 11.7 Å². The Bertz CT molecular complexity index is 1450. The summed E-state index contributed by atoms with van der Waals surface area (Å²) >= 11 is 5.94. The number of rotatable bonds is 6. The molecule has 0 aliphatic heterocycles. The normalized spacial score (nSPS) is 11.2. The number of halogens is 1. The summed E-state index contributed by atoms with van der Waals surface area (Å²) in [6.07, 6.45) is 4.21. The van der Waals surface area contributed by atoms with E-state index in [1.165, 1.54) is 16.7 Å². The average molecular weight is 461 g/mol. The lowest BCUT2D eigenvalue weighted by Gasteiger charge is -2.11. The van der Waals surface area contributed by atoms with Crippen molar-refractivity contribution >= 4 is 29.2 Å². The van der Waals surface area contributed by atoms with E-state index in [1.54, 1.807) is 48.7 Å². The van der Waals surface area contributed by atoms with Gasteiger partial charge in [-0.25, -0.2) is 0 Å². The molecule has 0 radical (unpaired) electrons. The van der Waals surface area contributed by atoms with Crippen LogP contribution in [0.4, 0.5) is 0 Å². The molecule has 0 spiro atoms. The highest BCUT2D eigenvalue weighted by Gasteiger charge is 2.18. The predicted molar refractivity (Wildman–Crippen MR) is 122 cm³/mol. The smallest absolute Gasteiger partial charge is 0.269 e. The molecule has 4 rings (SSSR count). The van der Waals surface area contributed by atoms with Crippen molar-refractivity contribution in [2.24, 2.45) is 0 Å². The van der Waals surface area contributed by atoms with Crippen LogP contribution in [-0.2, 0) is 11.3 Å². The van der Waals surface area contributed by atoms with Crippen LogP contribution in [0.3, 0.4) is 0 Å². The van der Waals surface area contributed by atoms with Gasteiger partial charge in [-0.1, -0.05) is 17.7 Å². The van der Waals surface area contributed by atoms with Crippen LogP contribution in [0.1, 0.15) is 16.9 Å². The van der Waals surface area contributed by atoms with Crippen molar-refractivity contribution in [2.45, 2.75) is 13.5 Å². The fourth-order valence-corrected chi connectivity index (χ4v) is 3.20. The van der Waals surface area contributed by atoms with Gasteiger partial charge in [-0.2, -0.15) is 10.2 Å². The van der Waals surface area contributed by atoms with Crippen molar-refractivity contribution in [3.63, 3.8) is 0 Å². The molecule has 4 aromatic rings. The lowest BCUT2D eigenvalue weighted by molar-refractivity contribution is -0.117. The Morgan fingerprint density at radius 2 is 2.06 bits per heavy atom. The van der Waals surface area contributed by atoms with Gasteiger partial charge in [0, 0.05) is 11.2 Å². The molecule has 0 atom stereocenters. The number of amides is 1. The molecule has 0 fully saturated rings. The zero-order valence-corrected chi connectivity index (χ0v) is 18.2. The number of aromatic nitrogens is 2. The van der Waals surface area contributed by atoms with E-state index in [0.717, 1.165) is 5.56 Å². The summed E-state index contributed by atoms with van der Waals surface area (Å²) in [6.45, 7) is 1.90. The summed E-state index contributed by atoms with van der Waals surface area (Å²) in [5.41, 5.74) is 0.332. The van der Waals surface area contributed by atoms with Crippen molar-refractivity contribution in [2.75, 3.05) is 0 Å². The topological polar surface area (TPSA) is 110 Å². The molecule has 0 aliphatic carbocycles. The van der Waals surface area contributed by atoms with Gasteiger partial charge >= 0.3 is 0 Å². The molecule has 0 saturated heterocycles. The number of carbonyl (C=O) groups excluding carboxylic acids is 1. The number of ether oxygens (including phenoxy) is 1. The SMILES string of the molecule is Cc1cccn2c(=O)c(/C=C(\C#N)C(=O)NCc3ccco3)c(Oc3ccc(Cl)cc3)nc12. The second-order valence-corrected chi connectivity index (χ2v) is 7.44. The minimum Gasteiger partial charge on any atom is -0.467 e. The molecule has 33 heavy (non-hydrogen) atoms. The molecule has 9 heteroatoms. The van der Waals surface area contributed by atoms with Crippen LogP contribution < -0.4 is 15.6 Å². The second-order valence-electron chi connectivity index (χ2n) is 7.01. The highest BCUT2D eigenvalue weighted by Crippen LogP contribution is 2.26. The first-order valence-electron chi connectivity index (χ1n) is 9.84. The number of pyridine rings is 1. The third-order valence-electron chi connectivity index (χ3n) is 4.73. The first-order valence-corrected chi connectivity index (χ1v) is 10.2. The minimum atomic E-state index is -0.667. The third-order valence-corrected chi connectivity index (χ3v) is 4.99. The van der Waals surface area contributed by atoms with E-state index in [9.17, 15) is 14.9 Å². The van der Waals surface area contributed by atoms with Crippen LogP contribution in [0.15, 0.2) is 75.8 Å². The highest BCUT2D eigenvalue weighted by atomic mass is 35.5. The summed E-state index contributed by atoms with van der Waals surface area (Å²) in [5.74, 6) is 0.207. The van der Waals surface area contributed by atoms with Gasteiger partial charge in [0.1, 0.15) is 34.4 Å². The van der Waals surface area contributed by atoms with Crippen molar-refractivity contribution < 1.29 is 13.9 Å². The average Bonchev–Trinajstić information content (AvgIpc) is 3.33. The molecule has 1 N–H and O–H groups in total. The van der Waals surface area contributed by atoms with E-state index in [0.29, 0.717) is 22.2 Å². The molecule has 0 aliphatic rings. The Morgan fingerprint density at radius 1 is 1.27 bits per heavy atom. The number of aryl methyl sites for hydroxylation is 1. The maximum Gasteiger partial charge on any atom is 0.269 e. The lowest BCUT2D eigenvalue weighted by atomic mass is 10.1. The second kappa shape index (κ2) is 9.42. The molecule has 1 amide bonds. The number of benzene rings is 1. The molecule has 0 unspecified atom stereocenters. The summed E-state index contributed by atoms with van der Waals surface area (Å²) in [4.78, 5) is 30.4. The Morgan fingerprint density at radius 3 is 2.76 bits per heavy atom. The summed E-state index contributed by atoms with van der Waals surface area (Å²) in [5, 5.41) is 12.7. The molecule has 0 bridgehead atoms. The van der Waals surface area contributed by atoms with E-state index in [1.807, 2.05) is 19.1 Å². The Balaban J connectivity index is 1.79. The molecule has 3 aromatic heterocycles. The molecule has 8 nitrogen and oxygen atoms in total. The zero-order chi connectivity index (χ0) is 23.4.